The van der Waals surface area contributed by atoms with Crippen molar-refractivity contribution in [2.45, 2.75) is 26.9 Å². The highest BCUT2D eigenvalue weighted by atomic mass is 16.6. The van der Waals surface area contributed by atoms with Crippen molar-refractivity contribution < 1.29 is 19.1 Å². The van der Waals surface area contributed by atoms with E-state index in [-0.39, 0.29) is 6.10 Å². The van der Waals surface area contributed by atoms with E-state index in [1.54, 1.807) is 20.8 Å². The Morgan fingerprint density at radius 1 is 1.14 bits per heavy atom. The summed E-state index contributed by atoms with van der Waals surface area (Å²) in [5.41, 5.74) is 0.732. The lowest BCUT2D eigenvalue weighted by molar-refractivity contribution is -0.140. The van der Waals surface area contributed by atoms with Crippen LogP contribution >= 0.6 is 0 Å². The maximum Gasteiger partial charge on any atom is 0.336 e. The first kappa shape index (κ1) is 10.5. The Bertz CT molecular complexity index is 325. The first-order valence-electron chi connectivity index (χ1n) is 4.28. The third kappa shape index (κ3) is 2.45. The lowest BCUT2D eigenvalue weighted by atomic mass is 10.1. The molecule has 0 saturated carbocycles. The van der Waals surface area contributed by atoms with Gasteiger partial charge < -0.3 is 9.47 Å². The number of carbonyl (C=O) groups is 2. The van der Waals surface area contributed by atoms with Crippen LogP contribution in [0.15, 0.2) is 23.5 Å². The number of esters is 2. The SMILES string of the molecule is C/C1=C(\C)C(C)OC(=O)/C=C\C(=O)O1. The summed E-state index contributed by atoms with van der Waals surface area (Å²) < 4.78 is 9.91. The summed E-state index contributed by atoms with van der Waals surface area (Å²) in [6, 6.07) is 0. The second-order valence-corrected chi connectivity index (χ2v) is 3.07. The quantitative estimate of drug-likeness (QED) is 0.548. The molecule has 1 rings (SSSR count). The van der Waals surface area contributed by atoms with Gasteiger partial charge in [-0.15, -0.1) is 0 Å². The minimum atomic E-state index is -0.562. The molecule has 0 N–H and O–H groups in total. The zero-order chi connectivity index (χ0) is 10.7. The third-order valence-electron chi connectivity index (χ3n) is 2.07. The number of ether oxygens (including phenoxy) is 2. The molecule has 1 aliphatic rings. The van der Waals surface area contributed by atoms with Crippen LogP contribution in [0.25, 0.3) is 0 Å². The minimum absolute atomic E-state index is 0.377. The van der Waals surface area contributed by atoms with E-state index >= 15 is 0 Å². The Kier molecular flexibility index (Phi) is 3.06. The van der Waals surface area contributed by atoms with E-state index < -0.39 is 11.9 Å². The molecule has 1 aliphatic heterocycles. The fraction of sp³-hybridized carbons (Fsp3) is 0.400. The van der Waals surface area contributed by atoms with Crippen LogP contribution in [0.3, 0.4) is 0 Å². The van der Waals surface area contributed by atoms with E-state index in [9.17, 15) is 9.59 Å². The molecule has 0 amide bonds. The molecule has 0 aromatic carbocycles. The predicted octanol–water partition coefficient (Wildman–Crippen LogP) is 1.32. The molecule has 0 aromatic rings. The lowest BCUT2D eigenvalue weighted by Gasteiger charge is -2.13. The maximum absolute atomic E-state index is 11.1. The summed E-state index contributed by atoms with van der Waals surface area (Å²) in [6.45, 7) is 5.15. The van der Waals surface area contributed by atoms with E-state index in [0.29, 0.717) is 5.76 Å². The number of rotatable bonds is 0. The number of cyclic esters (lactones) is 2. The van der Waals surface area contributed by atoms with Gasteiger partial charge >= 0.3 is 11.9 Å². The Morgan fingerprint density at radius 2 is 1.71 bits per heavy atom. The largest absolute Gasteiger partial charge is 0.455 e. The van der Waals surface area contributed by atoms with Gasteiger partial charge in [0.1, 0.15) is 11.9 Å². The van der Waals surface area contributed by atoms with E-state index in [1.807, 2.05) is 0 Å². The second kappa shape index (κ2) is 4.09. The molecule has 0 aliphatic carbocycles. The Labute approximate surface area is 82.2 Å². The van der Waals surface area contributed by atoms with Gasteiger partial charge in [-0.1, -0.05) is 0 Å². The van der Waals surface area contributed by atoms with Gasteiger partial charge in [-0.25, -0.2) is 9.59 Å². The molecule has 1 unspecified atom stereocenters. The van der Waals surface area contributed by atoms with Crippen LogP contribution in [0.4, 0.5) is 0 Å². The average molecular weight is 196 g/mol. The molecule has 0 aromatic heterocycles. The van der Waals surface area contributed by atoms with E-state index in [4.69, 9.17) is 9.47 Å². The highest BCUT2D eigenvalue weighted by molar-refractivity contribution is 5.92. The van der Waals surface area contributed by atoms with Gasteiger partial charge in [-0.05, 0) is 20.8 Å². The van der Waals surface area contributed by atoms with Gasteiger partial charge in [0.25, 0.3) is 0 Å². The van der Waals surface area contributed by atoms with Gasteiger partial charge in [-0.3, -0.25) is 0 Å². The normalized spacial score (nSPS) is 30.9. The zero-order valence-electron chi connectivity index (χ0n) is 8.37. The Hall–Kier alpha value is -1.58. The summed E-state index contributed by atoms with van der Waals surface area (Å²) in [6.07, 6.45) is 1.74. The summed E-state index contributed by atoms with van der Waals surface area (Å²) in [5, 5.41) is 0. The molecular formula is C10H12O4. The molecule has 14 heavy (non-hydrogen) atoms. The molecule has 1 heterocycles. The van der Waals surface area contributed by atoms with Crippen molar-refractivity contribution >= 4 is 11.9 Å². The van der Waals surface area contributed by atoms with Crippen molar-refractivity contribution in [1.29, 1.82) is 0 Å². The molecule has 0 fully saturated rings. The summed E-state index contributed by atoms with van der Waals surface area (Å²) in [4.78, 5) is 22.1. The van der Waals surface area contributed by atoms with Gasteiger partial charge in [0.15, 0.2) is 0 Å². The van der Waals surface area contributed by atoms with Gasteiger partial charge in [0.2, 0.25) is 0 Å². The number of allylic oxidation sites excluding steroid dienone is 1. The van der Waals surface area contributed by atoms with Crippen LogP contribution < -0.4 is 0 Å². The smallest absolute Gasteiger partial charge is 0.336 e. The van der Waals surface area contributed by atoms with E-state index in [0.717, 1.165) is 17.7 Å². The monoisotopic (exact) mass is 196 g/mol. The Balaban J connectivity index is 3.00. The Morgan fingerprint density at radius 3 is 2.36 bits per heavy atom. The lowest BCUT2D eigenvalue weighted by Crippen LogP contribution is -2.15. The van der Waals surface area contributed by atoms with E-state index in [2.05, 4.69) is 0 Å². The van der Waals surface area contributed by atoms with Crippen LogP contribution in [0, 0.1) is 0 Å². The molecule has 1 atom stereocenters. The predicted molar refractivity (Wildman–Crippen MR) is 49.2 cm³/mol. The van der Waals surface area contributed by atoms with Crippen LogP contribution in [0.5, 0.6) is 0 Å². The minimum Gasteiger partial charge on any atom is -0.455 e. The molecule has 4 heteroatoms. The van der Waals surface area contributed by atoms with Crippen molar-refractivity contribution in [3.63, 3.8) is 0 Å². The summed E-state index contributed by atoms with van der Waals surface area (Å²) >= 11 is 0. The molecule has 0 saturated heterocycles. The molecule has 0 bridgehead atoms. The fourth-order valence-corrected chi connectivity index (χ4v) is 0.990. The van der Waals surface area contributed by atoms with Gasteiger partial charge in [-0.2, -0.15) is 0 Å². The van der Waals surface area contributed by atoms with Crippen molar-refractivity contribution in [2.24, 2.45) is 0 Å². The van der Waals surface area contributed by atoms with Crippen molar-refractivity contribution in [1.82, 2.24) is 0 Å². The third-order valence-corrected chi connectivity index (χ3v) is 2.07. The maximum atomic E-state index is 11.1. The number of carbonyl (C=O) groups excluding carboxylic acids is 2. The van der Waals surface area contributed by atoms with Crippen LogP contribution in [-0.4, -0.2) is 18.0 Å². The molecular weight excluding hydrogens is 184 g/mol. The van der Waals surface area contributed by atoms with Crippen LogP contribution in [0.2, 0.25) is 0 Å². The molecule has 4 nitrogen and oxygen atoms in total. The summed E-state index contributed by atoms with van der Waals surface area (Å²) in [5.74, 6) is -0.627. The highest BCUT2D eigenvalue weighted by Gasteiger charge is 2.16. The molecule has 76 valence electrons. The number of hydrogen-bond acceptors (Lipinski definition) is 4. The van der Waals surface area contributed by atoms with Crippen molar-refractivity contribution in [3.05, 3.63) is 23.5 Å². The van der Waals surface area contributed by atoms with Crippen molar-refractivity contribution in [2.75, 3.05) is 0 Å². The first-order chi connectivity index (χ1) is 6.50. The average Bonchev–Trinajstić information content (AvgIpc) is 2.15. The van der Waals surface area contributed by atoms with Crippen LogP contribution in [0.1, 0.15) is 20.8 Å². The van der Waals surface area contributed by atoms with E-state index in [1.165, 1.54) is 0 Å². The van der Waals surface area contributed by atoms with Gasteiger partial charge in [0, 0.05) is 17.7 Å². The standard InChI is InChI=1S/C10H12O4/c1-6-7(2)13-9(11)4-5-10(12)14-8(6)3/h4-5,7H,1-3H3/b5-4-,8-6-. The van der Waals surface area contributed by atoms with Crippen molar-refractivity contribution in [3.8, 4) is 0 Å². The van der Waals surface area contributed by atoms with Crippen LogP contribution in [-0.2, 0) is 19.1 Å². The highest BCUT2D eigenvalue weighted by Crippen LogP contribution is 2.14. The zero-order valence-corrected chi connectivity index (χ0v) is 8.37. The number of hydrogen-bond donors (Lipinski definition) is 0. The first-order valence-corrected chi connectivity index (χ1v) is 4.28. The molecule has 0 spiro atoms. The molecule has 0 radical (unpaired) electrons. The second-order valence-electron chi connectivity index (χ2n) is 3.07. The summed E-state index contributed by atoms with van der Waals surface area (Å²) in [7, 11) is 0. The fourth-order valence-electron chi connectivity index (χ4n) is 0.990. The topological polar surface area (TPSA) is 52.6 Å². The van der Waals surface area contributed by atoms with Gasteiger partial charge in [0.05, 0.1) is 0 Å².